The van der Waals surface area contributed by atoms with Crippen LogP contribution in [0.25, 0.3) is 0 Å². The van der Waals surface area contributed by atoms with Crippen LogP contribution in [0.4, 0.5) is 0 Å². The Balaban J connectivity index is 1.86. The largest absolute Gasteiger partial charge is 0.460 e. The summed E-state index contributed by atoms with van der Waals surface area (Å²) in [5, 5.41) is 2.96. The molecule has 5 heteroatoms. The molecule has 0 saturated heterocycles. The molecule has 0 unspecified atom stereocenters. The summed E-state index contributed by atoms with van der Waals surface area (Å²) < 4.78 is 5.84. The molecule has 0 aliphatic heterocycles. The van der Waals surface area contributed by atoms with Gasteiger partial charge in [-0.05, 0) is 45.6 Å². The van der Waals surface area contributed by atoms with E-state index in [0.29, 0.717) is 6.01 Å². The number of hydrogen-bond acceptors (Lipinski definition) is 4. The van der Waals surface area contributed by atoms with Crippen molar-refractivity contribution >= 4 is 5.91 Å². The number of carbonyl (C=O) groups excluding carboxylic acids is 1. The second-order valence-electron chi connectivity index (χ2n) is 5.23. The van der Waals surface area contributed by atoms with E-state index in [9.17, 15) is 4.79 Å². The molecule has 5 nitrogen and oxygen atoms in total. The fourth-order valence-electron chi connectivity index (χ4n) is 2.51. The molecule has 104 valence electrons. The van der Waals surface area contributed by atoms with Crippen molar-refractivity contribution in [1.82, 2.24) is 15.3 Å². The molecule has 1 aromatic heterocycles. The van der Waals surface area contributed by atoms with Gasteiger partial charge in [0.2, 0.25) is 5.91 Å². The Labute approximate surface area is 113 Å². The van der Waals surface area contributed by atoms with Crippen LogP contribution in [0.1, 0.15) is 44.0 Å². The number of nitrogens with one attached hydrogen (secondary N) is 1. The third kappa shape index (κ3) is 4.19. The minimum Gasteiger partial charge on any atom is -0.460 e. The highest BCUT2D eigenvalue weighted by atomic mass is 16.5. The topological polar surface area (TPSA) is 64.1 Å². The second kappa shape index (κ2) is 5.99. The van der Waals surface area contributed by atoms with Crippen molar-refractivity contribution in [2.24, 2.45) is 0 Å². The number of hydrogen-bond donors (Lipinski definition) is 1. The molecule has 0 spiro atoms. The Kier molecular flexibility index (Phi) is 4.35. The van der Waals surface area contributed by atoms with Gasteiger partial charge in [-0.3, -0.25) is 4.79 Å². The maximum absolute atomic E-state index is 11.0. The van der Waals surface area contributed by atoms with E-state index in [-0.39, 0.29) is 18.1 Å². The summed E-state index contributed by atoms with van der Waals surface area (Å²) in [4.78, 5) is 19.6. The van der Waals surface area contributed by atoms with Crippen molar-refractivity contribution in [1.29, 1.82) is 0 Å². The molecule has 1 aliphatic rings. The summed E-state index contributed by atoms with van der Waals surface area (Å²) in [5.74, 6) is 0.0435. The number of nitrogens with zero attached hydrogens (tertiary/aromatic N) is 2. The summed E-state index contributed by atoms with van der Waals surface area (Å²) in [6.07, 6.45) is 3.93. The molecule has 0 aromatic carbocycles. The summed E-state index contributed by atoms with van der Waals surface area (Å²) in [6.45, 7) is 5.44. The van der Waals surface area contributed by atoms with E-state index in [0.717, 1.165) is 37.1 Å². The SMILES string of the molecule is CC(=O)NC1CCC(Oc2nc(C)cc(C)n2)CC1. The molecule has 1 aliphatic carbocycles. The van der Waals surface area contributed by atoms with E-state index in [2.05, 4.69) is 15.3 Å². The standard InChI is InChI=1S/C14H21N3O2/c1-9-8-10(2)16-14(15-9)19-13-6-4-12(5-7-13)17-11(3)18/h8,12-13H,4-7H2,1-3H3,(H,17,18). The first-order valence-corrected chi connectivity index (χ1v) is 6.79. The zero-order chi connectivity index (χ0) is 13.8. The quantitative estimate of drug-likeness (QED) is 0.905. The molecule has 1 fully saturated rings. The predicted octanol–water partition coefficient (Wildman–Crippen LogP) is 1.92. The van der Waals surface area contributed by atoms with Gasteiger partial charge < -0.3 is 10.1 Å². The molecule has 1 amide bonds. The fraction of sp³-hybridized carbons (Fsp3) is 0.643. The monoisotopic (exact) mass is 263 g/mol. The molecule has 0 radical (unpaired) electrons. The lowest BCUT2D eigenvalue weighted by atomic mass is 9.93. The third-order valence-electron chi connectivity index (χ3n) is 3.32. The van der Waals surface area contributed by atoms with Gasteiger partial charge in [-0.2, -0.15) is 0 Å². The van der Waals surface area contributed by atoms with E-state index in [1.807, 2.05) is 19.9 Å². The number of rotatable bonds is 3. The maximum atomic E-state index is 11.0. The molecule has 2 rings (SSSR count). The Bertz CT molecular complexity index is 434. The van der Waals surface area contributed by atoms with Gasteiger partial charge in [-0.25, -0.2) is 9.97 Å². The third-order valence-corrected chi connectivity index (χ3v) is 3.32. The van der Waals surface area contributed by atoms with Gasteiger partial charge >= 0.3 is 6.01 Å². The van der Waals surface area contributed by atoms with Gasteiger partial charge in [0.1, 0.15) is 6.10 Å². The molecule has 1 aromatic rings. The van der Waals surface area contributed by atoms with Crippen LogP contribution < -0.4 is 10.1 Å². The zero-order valence-corrected chi connectivity index (χ0v) is 11.8. The highest BCUT2D eigenvalue weighted by Crippen LogP contribution is 2.22. The van der Waals surface area contributed by atoms with Gasteiger partial charge in [0.05, 0.1) is 0 Å². The fourth-order valence-corrected chi connectivity index (χ4v) is 2.51. The minimum atomic E-state index is 0.0435. The van der Waals surface area contributed by atoms with Gasteiger partial charge in [0.25, 0.3) is 0 Å². The molecule has 1 N–H and O–H groups in total. The lowest BCUT2D eigenvalue weighted by molar-refractivity contribution is -0.120. The van der Waals surface area contributed by atoms with Crippen LogP contribution >= 0.6 is 0 Å². The highest BCUT2D eigenvalue weighted by Gasteiger charge is 2.23. The number of aryl methyl sites for hydroxylation is 2. The number of amides is 1. The summed E-state index contributed by atoms with van der Waals surface area (Å²) in [6, 6.07) is 2.69. The first-order valence-electron chi connectivity index (χ1n) is 6.79. The normalized spacial score (nSPS) is 22.9. The van der Waals surface area contributed by atoms with E-state index in [1.54, 1.807) is 6.92 Å². The lowest BCUT2D eigenvalue weighted by Gasteiger charge is -2.28. The summed E-state index contributed by atoms with van der Waals surface area (Å²) in [7, 11) is 0. The van der Waals surface area contributed by atoms with Crippen molar-refractivity contribution in [3.8, 4) is 6.01 Å². The minimum absolute atomic E-state index is 0.0435. The summed E-state index contributed by atoms with van der Waals surface area (Å²) >= 11 is 0. The van der Waals surface area contributed by atoms with Gasteiger partial charge in [0.15, 0.2) is 0 Å². The Morgan fingerprint density at radius 2 is 1.79 bits per heavy atom. The van der Waals surface area contributed by atoms with E-state index < -0.39 is 0 Å². The van der Waals surface area contributed by atoms with Crippen LogP contribution in [0.15, 0.2) is 6.07 Å². The average Bonchev–Trinajstić information content (AvgIpc) is 2.29. The molecule has 19 heavy (non-hydrogen) atoms. The second-order valence-corrected chi connectivity index (χ2v) is 5.23. The molecule has 1 heterocycles. The molecule has 1 saturated carbocycles. The predicted molar refractivity (Wildman–Crippen MR) is 72.0 cm³/mol. The lowest BCUT2D eigenvalue weighted by Crippen LogP contribution is -2.38. The van der Waals surface area contributed by atoms with Crippen molar-refractivity contribution < 1.29 is 9.53 Å². The Morgan fingerprint density at radius 1 is 1.21 bits per heavy atom. The van der Waals surface area contributed by atoms with Crippen LogP contribution in [-0.4, -0.2) is 28.0 Å². The Hall–Kier alpha value is -1.65. The number of ether oxygens (including phenoxy) is 1. The Morgan fingerprint density at radius 3 is 2.32 bits per heavy atom. The molecular formula is C14H21N3O2. The van der Waals surface area contributed by atoms with E-state index >= 15 is 0 Å². The van der Waals surface area contributed by atoms with E-state index in [1.165, 1.54) is 0 Å². The van der Waals surface area contributed by atoms with Crippen molar-refractivity contribution in [2.45, 2.75) is 58.6 Å². The van der Waals surface area contributed by atoms with Crippen molar-refractivity contribution in [3.63, 3.8) is 0 Å². The van der Waals surface area contributed by atoms with Crippen molar-refractivity contribution in [2.75, 3.05) is 0 Å². The zero-order valence-electron chi connectivity index (χ0n) is 11.8. The van der Waals surface area contributed by atoms with Gasteiger partial charge in [-0.1, -0.05) is 0 Å². The van der Waals surface area contributed by atoms with Crippen molar-refractivity contribution in [3.05, 3.63) is 17.5 Å². The smallest absolute Gasteiger partial charge is 0.317 e. The maximum Gasteiger partial charge on any atom is 0.317 e. The first-order chi connectivity index (χ1) is 9.02. The first kappa shape index (κ1) is 13.8. The highest BCUT2D eigenvalue weighted by molar-refractivity contribution is 5.73. The van der Waals surface area contributed by atoms with Gasteiger partial charge in [-0.15, -0.1) is 0 Å². The summed E-state index contributed by atoms with van der Waals surface area (Å²) in [5.41, 5.74) is 1.85. The van der Waals surface area contributed by atoms with Crippen LogP contribution in [0.3, 0.4) is 0 Å². The van der Waals surface area contributed by atoms with Gasteiger partial charge in [0, 0.05) is 24.4 Å². The number of carbonyl (C=O) groups is 1. The van der Waals surface area contributed by atoms with Crippen LogP contribution in [-0.2, 0) is 4.79 Å². The number of aromatic nitrogens is 2. The average molecular weight is 263 g/mol. The van der Waals surface area contributed by atoms with E-state index in [4.69, 9.17) is 4.74 Å². The molecule has 0 atom stereocenters. The van der Waals surface area contributed by atoms with Crippen LogP contribution in [0.5, 0.6) is 6.01 Å². The van der Waals surface area contributed by atoms with Crippen LogP contribution in [0.2, 0.25) is 0 Å². The molecular weight excluding hydrogens is 242 g/mol. The molecule has 0 bridgehead atoms. The van der Waals surface area contributed by atoms with Crippen LogP contribution in [0, 0.1) is 13.8 Å².